The van der Waals surface area contributed by atoms with Gasteiger partial charge in [-0.15, -0.1) is 0 Å². The lowest BCUT2D eigenvalue weighted by molar-refractivity contribution is 0.00354. The first-order chi connectivity index (χ1) is 8.24. The summed E-state index contributed by atoms with van der Waals surface area (Å²) in [5.74, 6) is 0. The third-order valence-corrected chi connectivity index (χ3v) is 3.29. The summed E-state index contributed by atoms with van der Waals surface area (Å²) in [6.07, 6.45) is 0.677. The lowest BCUT2D eigenvalue weighted by Crippen LogP contribution is -2.44. The smallest absolute Gasteiger partial charge is 0.152 e. The first-order valence-electron chi connectivity index (χ1n) is 5.46. The van der Waals surface area contributed by atoms with Crippen LogP contribution < -0.4 is 4.90 Å². The maximum atomic E-state index is 11.0. The molecule has 2 rings (SSSR count). The number of benzene rings is 1. The first-order valence-corrected chi connectivity index (χ1v) is 6.26. The van der Waals surface area contributed by atoms with Crippen molar-refractivity contribution in [1.82, 2.24) is 0 Å². The van der Waals surface area contributed by atoms with Crippen molar-refractivity contribution in [1.29, 1.82) is 0 Å². The van der Waals surface area contributed by atoms with Gasteiger partial charge in [0.1, 0.15) is 0 Å². The van der Waals surface area contributed by atoms with Gasteiger partial charge in [-0.05, 0) is 18.2 Å². The first kappa shape index (κ1) is 12.5. The number of rotatable bonds is 3. The minimum absolute atomic E-state index is 0.00342. The molecule has 0 amide bonds. The highest BCUT2D eigenvalue weighted by Gasteiger charge is 2.21. The topological polar surface area (TPSA) is 49.8 Å². The quantitative estimate of drug-likeness (QED) is 0.859. The number of morpholine rings is 1. The van der Waals surface area contributed by atoms with Crippen LogP contribution in [0.4, 0.5) is 5.69 Å². The predicted molar refractivity (Wildman–Crippen MR) is 68.6 cm³/mol. The number of carbonyl (C=O) groups excluding carboxylic acids is 1. The van der Waals surface area contributed by atoms with E-state index in [1.54, 1.807) is 6.07 Å². The zero-order chi connectivity index (χ0) is 12.3. The fraction of sp³-hybridized carbons (Fsp3) is 0.417. The molecule has 0 saturated carbocycles. The highest BCUT2D eigenvalue weighted by atomic mass is 79.9. The SMILES string of the molecule is O=Cc1cc(Br)ccc1N1CCOC(CO)C1. The van der Waals surface area contributed by atoms with Crippen LogP contribution in [-0.2, 0) is 4.74 Å². The highest BCUT2D eigenvalue weighted by Crippen LogP contribution is 2.25. The zero-order valence-corrected chi connectivity index (χ0v) is 10.9. The fourth-order valence-electron chi connectivity index (χ4n) is 1.96. The number of hydrogen-bond donors (Lipinski definition) is 1. The standard InChI is InChI=1S/C12H14BrNO3/c13-10-1-2-12(9(5-10)7-15)14-3-4-17-11(6-14)8-16/h1-2,5,7,11,16H,3-4,6,8H2. The molecule has 1 aliphatic heterocycles. The largest absolute Gasteiger partial charge is 0.394 e. The summed E-state index contributed by atoms with van der Waals surface area (Å²) in [4.78, 5) is 13.1. The molecule has 1 N–H and O–H groups in total. The van der Waals surface area contributed by atoms with Gasteiger partial charge >= 0.3 is 0 Å². The highest BCUT2D eigenvalue weighted by molar-refractivity contribution is 9.10. The van der Waals surface area contributed by atoms with Crippen LogP contribution in [0, 0.1) is 0 Å². The van der Waals surface area contributed by atoms with E-state index in [4.69, 9.17) is 9.84 Å². The number of aldehydes is 1. The molecule has 1 heterocycles. The van der Waals surface area contributed by atoms with Gasteiger partial charge in [0.05, 0.1) is 19.3 Å². The molecule has 0 aromatic heterocycles. The molecular weight excluding hydrogens is 286 g/mol. The Hall–Kier alpha value is -0.910. The lowest BCUT2D eigenvalue weighted by atomic mass is 10.1. The van der Waals surface area contributed by atoms with Crippen molar-refractivity contribution in [3.05, 3.63) is 28.2 Å². The van der Waals surface area contributed by atoms with E-state index < -0.39 is 0 Å². The molecule has 1 fully saturated rings. The van der Waals surface area contributed by atoms with Crippen LogP contribution in [-0.4, -0.2) is 43.8 Å². The molecule has 1 atom stereocenters. The van der Waals surface area contributed by atoms with E-state index in [1.165, 1.54) is 0 Å². The molecule has 1 unspecified atom stereocenters. The molecule has 92 valence electrons. The van der Waals surface area contributed by atoms with Gasteiger partial charge < -0.3 is 14.7 Å². The Morgan fingerprint density at radius 3 is 3.12 bits per heavy atom. The summed E-state index contributed by atoms with van der Waals surface area (Å²) in [5.41, 5.74) is 1.54. The van der Waals surface area contributed by atoms with Crippen molar-refractivity contribution in [3.8, 4) is 0 Å². The molecule has 5 heteroatoms. The second-order valence-corrected chi connectivity index (χ2v) is 4.86. The Kier molecular flexibility index (Phi) is 4.15. The van der Waals surface area contributed by atoms with E-state index in [0.717, 1.165) is 23.0 Å². The summed E-state index contributed by atoms with van der Waals surface area (Å²) in [7, 11) is 0. The van der Waals surface area contributed by atoms with Crippen molar-refractivity contribution < 1.29 is 14.6 Å². The Morgan fingerprint density at radius 2 is 2.41 bits per heavy atom. The third-order valence-electron chi connectivity index (χ3n) is 2.80. The molecule has 0 aliphatic carbocycles. The predicted octanol–water partition coefficient (Wildman–Crippen LogP) is 1.46. The Morgan fingerprint density at radius 1 is 1.59 bits per heavy atom. The van der Waals surface area contributed by atoms with Crippen LogP contribution in [0.1, 0.15) is 10.4 Å². The van der Waals surface area contributed by atoms with Crippen LogP contribution >= 0.6 is 15.9 Å². The van der Waals surface area contributed by atoms with Crippen LogP contribution in [0.15, 0.2) is 22.7 Å². The normalized spacial score (nSPS) is 20.4. The molecule has 1 aliphatic rings. The molecular formula is C12H14BrNO3. The average Bonchev–Trinajstić information content (AvgIpc) is 2.38. The maximum absolute atomic E-state index is 11.0. The summed E-state index contributed by atoms with van der Waals surface area (Å²) < 4.78 is 6.27. The third kappa shape index (κ3) is 2.86. The molecule has 4 nitrogen and oxygen atoms in total. The Labute approximate surface area is 108 Å². The number of aliphatic hydroxyl groups excluding tert-OH is 1. The number of hydrogen-bond acceptors (Lipinski definition) is 4. The Bertz CT molecular complexity index is 411. The molecule has 0 bridgehead atoms. The fourth-order valence-corrected chi connectivity index (χ4v) is 2.34. The number of ether oxygens (including phenoxy) is 1. The second kappa shape index (κ2) is 5.62. The van der Waals surface area contributed by atoms with E-state index in [9.17, 15) is 4.79 Å². The number of nitrogens with zero attached hydrogens (tertiary/aromatic N) is 1. The van der Waals surface area contributed by atoms with Crippen LogP contribution in [0.2, 0.25) is 0 Å². The van der Waals surface area contributed by atoms with Crippen LogP contribution in [0.25, 0.3) is 0 Å². The van der Waals surface area contributed by atoms with Gasteiger partial charge in [0, 0.05) is 28.8 Å². The van der Waals surface area contributed by atoms with Gasteiger partial charge in [0.2, 0.25) is 0 Å². The van der Waals surface area contributed by atoms with E-state index in [-0.39, 0.29) is 12.7 Å². The summed E-state index contributed by atoms with van der Waals surface area (Å²) in [5, 5.41) is 9.10. The van der Waals surface area contributed by atoms with Crippen molar-refractivity contribution in [2.45, 2.75) is 6.10 Å². The lowest BCUT2D eigenvalue weighted by Gasteiger charge is -2.34. The number of halogens is 1. The van der Waals surface area contributed by atoms with Gasteiger partial charge in [-0.2, -0.15) is 0 Å². The minimum atomic E-state index is -0.174. The number of carbonyl (C=O) groups is 1. The monoisotopic (exact) mass is 299 g/mol. The summed E-state index contributed by atoms with van der Waals surface area (Å²) >= 11 is 3.34. The maximum Gasteiger partial charge on any atom is 0.152 e. The number of aliphatic hydroxyl groups is 1. The van der Waals surface area contributed by atoms with Crippen LogP contribution in [0.5, 0.6) is 0 Å². The molecule has 1 aromatic rings. The van der Waals surface area contributed by atoms with Gasteiger partial charge in [0.25, 0.3) is 0 Å². The summed E-state index contributed by atoms with van der Waals surface area (Å²) in [6, 6.07) is 5.62. The van der Waals surface area contributed by atoms with Crippen molar-refractivity contribution in [2.75, 3.05) is 31.2 Å². The van der Waals surface area contributed by atoms with Crippen molar-refractivity contribution >= 4 is 27.9 Å². The van der Waals surface area contributed by atoms with E-state index >= 15 is 0 Å². The minimum Gasteiger partial charge on any atom is -0.394 e. The Balaban J connectivity index is 2.23. The second-order valence-electron chi connectivity index (χ2n) is 3.94. The molecule has 0 spiro atoms. The molecule has 17 heavy (non-hydrogen) atoms. The molecule has 0 radical (unpaired) electrons. The van der Waals surface area contributed by atoms with Gasteiger partial charge in [-0.3, -0.25) is 4.79 Å². The van der Waals surface area contributed by atoms with E-state index in [2.05, 4.69) is 20.8 Å². The van der Waals surface area contributed by atoms with Gasteiger partial charge in [-0.1, -0.05) is 15.9 Å². The van der Waals surface area contributed by atoms with E-state index in [1.807, 2.05) is 12.1 Å². The zero-order valence-electron chi connectivity index (χ0n) is 9.30. The van der Waals surface area contributed by atoms with Crippen LogP contribution in [0.3, 0.4) is 0 Å². The van der Waals surface area contributed by atoms with Gasteiger partial charge in [0.15, 0.2) is 6.29 Å². The van der Waals surface area contributed by atoms with Gasteiger partial charge in [-0.25, -0.2) is 0 Å². The van der Waals surface area contributed by atoms with E-state index in [0.29, 0.717) is 18.7 Å². The van der Waals surface area contributed by atoms with Crippen molar-refractivity contribution in [2.24, 2.45) is 0 Å². The van der Waals surface area contributed by atoms with Crippen molar-refractivity contribution in [3.63, 3.8) is 0 Å². The summed E-state index contributed by atoms with van der Waals surface area (Å²) in [6.45, 7) is 1.92. The molecule has 1 saturated heterocycles. The average molecular weight is 300 g/mol. The number of anilines is 1. The molecule has 1 aromatic carbocycles.